The molecule has 2 aromatic rings. The molecule has 1 N–H and O–H groups in total. The number of hydrogen-bond donors (Lipinski definition) is 1. The summed E-state index contributed by atoms with van der Waals surface area (Å²) in [4.78, 5) is 17.2. The predicted octanol–water partition coefficient (Wildman–Crippen LogP) is 4.27. The van der Waals surface area contributed by atoms with Crippen LogP contribution in [0.5, 0.6) is 0 Å². The predicted molar refractivity (Wildman–Crippen MR) is 106 cm³/mol. The Hall–Kier alpha value is -3.08. The van der Waals surface area contributed by atoms with Crippen LogP contribution in [-0.4, -0.2) is 23.9 Å². The summed E-state index contributed by atoms with van der Waals surface area (Å²) < 4.78 is 0. The first-order valence-corrected chi connectivity index (χ1v) is 9.37. The minimum absolute atomic E-state index is 0.164. The summed E-state index contributed by atoms with van der Waals surface area (Å²) in [5.74, 6) is 0.164. The molecule has 0 radical (unpaired) electrons. The maximum absolute atomic E-state index is 12.5. The Bertz CT molecular complexity index is 1060. The number of aryl methyl sites for hydroxylation is 1. The number of azo groups is 1. The quantitative estimate of drug-likeness (QED) is 0.817. The molecular weight excluding hydrogens is 336 g/mol. The minimum atomic E-state index is 0.164. The van der Waals surface area contributed by atoms with Crippen molar-refractivity contribution in [3.05, 3.63) is 64.6 Å². The lowest BCUT2D eigenvalue weighted by molar-refractivity contribution is -0.112. The third kappa shape index (κ3) is 2.70. The summed E-state index contributed by atoms with van der Waals surface area (Å²) in [6.07, 6.45) is 8.26. The van der Waals surface area contributed by atoms with Crippen molar-refractivity contribution < 1.29 is 4.79 Å². The second-order valence-corrected chi connectivity index (χ2v) is 7.30. The van der Waals surface area contributed by atoms with E-state index in [0.29, 0.717) is 13.0 Å². The van der Waals surface area contributed by atoms with E-state index in [9.17, 15) is 4.79 Å². The van der Waals surface area contributed by atoms with Crippen molar-refractivity contribution in [1.82, 2.24) is 4.98 Å². The molecule has 3 heterocycles. The molecule has 5 heteroatoms. The molecule has 1 aliphatic carbocycles. The third-order valence-corrected chi connectivity index (χ3v) is 5.56. The van der Waals surface area contributed by atoms with Crippen molar-refractivity contribution >= 4 is 17.0 Å². The Kier molecular flexibility index (Phi) is 3.74. The number of rotatable bonds is 2. The maximum Gasteiger partial charge on any atom is 0.167 e. The summed E-state index contributed by atoms with van der Waals surface area (Å²) >= 11 is 0. The van der Waals surface area contributed by atoms with E-state index < -0.39 is 0 Å². The lowest BCUT2D eigenvalue weighted by Gasteiger charge is -2.21. The summed E-state index contributed by atoms with van der Waals surface area (Å²) in [5, 5.41) is 11.4. The van der Waals surface area contributed by atoms with Gasteiger partial charge in [-0.2, -0.15) is 10.2 Å². The number of carbonyl (C=O) groups is 1. The minimum Gasteiger partial charge on any atom is -0.383 e. The molecule has 27 heavy (non-hydrogen) atoms. The molecule has 0 amide bonds. The first kappa shape index (κ1) is 16.1. The van der Waals surface area contributed by atoms with Crippen molar-refractivity contribution in [2.45, 2.75) is 26.2 Å². The van der Waals surface area contributed by atoms with Crippen LogP contribution in [0.3, 0.4) is 0 Å². The SMILES string of the molecule is Cc1c(-c2ccc3c(c2)/C(=C/C2=CN=NC2)C(=O)C3)cnc2c1NCCC2. The second-order valence-electron chi connectivity index (χ2n) is 7.30. The van der Waals surface area contributed by atoms with Crippen LogP contribution in [0.4, 0.5) is 5.69 Å². The van der Waals surface area contributed by atoms with Gasteiger partial charge in [-0.1, -0.05) is 12.1 Å². The number of nitrogens with zero attached hydrogens (tertiary/aromatic N) is 3. The number of carbonyl (C=O) groups excluding carboxylic acids is 1. The van der Waals surface area contributed by atoms with E-state index in [1.807, 2.05) is 12.3 Å². The zero-order valence-electron chi connectivity index (χ0n) is 15.2. The molecule has 2 aliphatic heterocycles. The molecule has 134 valence electrons. The van der Waals surface area contributed by atoms with Gasteiger partial charge in [0.2, 0.25) is 0 Å². The highest BCUT2D eigenvalue weighted by molar-refractivity contribution is 6.26. The van der Waals surface area contributed by atoms with E-state index in [1.165, 1.54) is 11.3 Å². The van der Waals surface area contributed by atoms with E-state index in [-0.39, 0.29) is 5.78 Å². The second kappa shape index (κ2) is 6.27. The standard InChI is InChI=1S/C22H20N4O/c1-13-19(12-24-20-3-2-6-23-22(13)20)15-4-5-16-9-21(27)18(17(16)8-15)7-14-10-25-26-11-14/h4-5,7-8,10,12,23H,2-3,6,9,11H2,1H3/b18-7-. The van der Waals surface area contributed by atoms with Crippen LogP contribution in [0.25, 0.3) is 16.7 Å². The number of hydrogen-bond acceptors (Lipinski definition) is 5. The van der Waals surface area contributed by atoms with Gasteiger partial charge in [0.05, 0.1) is 24.1 Å². The molecule has 0 fully saturated rings. The third-order valence-electron chi connectivity index (χ3n) is 5.56. The van der Waals surface area contributed by atoms with E-state index >= 15 is 0 Å². The van der Waals surface area contributed by atoms with Gasteiger partial charge in [-0.15, -0.1) is 0 Å². The molecule has 0 spiro atoms. The first-order valence-electron chi connectivity index (χ1n) is 9.37. The highest BCUT2D eigenvalue weighted by atomic mass is 16.1. The van der Waals surface area contributed by atoms with Gasteiger partial charge in [0, 0.05) is 30.3 Å². The van der Waals surface area contributed by atoms with E-state index in [1.54, 1.807) is 6.20 Å². The van der Waals surface area contributed by atoms with Gasteiger partial charge in [0.1, 0.15) is 0 Å². The van der Waals surface area contributed by atoms with Crippen LogP contribution in [0.1, 0.15) is 28.8 Å². The molecule has 0 atom stereocenters. The van der Waals surface area contributed by atoms with E-state index in [4.69, 9.17) is 0 Å². The molecule has 0 saturated heterocycles. The van der Waals surface area contributed by atoms with Gasteiger partial charge >= 0.3 is 0 Å². The molecule has 5 nitrogen and oxygen atoms in total. The molecule has 0 saturated carbocycles. The van der Waals surface area contributed by atoms with Crippen molar-refractivity contribution in [1.29, 1.82) is 0 Å². The molecule has 1 aromatic heterocycles. The van der Waals surface area contributed by atoms with Gasteiger partial charge in [-0.05, 0) is 59.7 Å². The maximum atomic E-state index is 12.5. The Labute approximate surface area is 157 Å². The largest absolute Gasteiger partial charge is 0.383 e. The van der Waals surface area contributed by atoms with Gasteiger partial charge in [0.15, 0.2) is 5.78 Å². The Morgan fingerprint density at radius 3 is 3.00 bits per heavy atom. The fourth-order valence-electron chi connectivity index (χ4n) is 4.11. The van der Waals surface area contributed by atoms with Crippen molar-refractivity contribution in [3.8, 4) is 11.1 Å². The zero-order chi connectivity index (χ0) is 18.4. The van der Waals surface area contributed by atoms with Crippen LogP contribution in [-0.2, 0) is 17.6 Å². The van der Waals surface area contributed by atoms with Crippen LogP contribution in [0.2, 0.25) is 0 Å². The number of fused-ring (bicyclic) bond motifs is 2. The highest BCUT2D eigenvalue weighted by Crippen LogP contribution is 2.37. The fourth-order valence-corrected chi connectivity index (χ4v) is 4.11. The van der Waals surface area contributed by atoms with Crippen LogP contribution < -0.4 is 5.32 Å². The Morgan fingerprint density at radius 2 is 2.15 bits per heavy atom. The summed E-state index contributed by atoms with van der Waals surface area (Å²) in [6, 6.07) is 6.32. The van der Waals surface area contributed by atoms with Gasteiger partial charge in [0.25, 0.3) is 0 Å². The number of aromatic nitrogens is 1. The van der Waals surface area contributed by atoms with E-state index in [2.05, 4.69) is 45.7 Å². The lowest BCUT2D eigenvalue weighted by Crippen LogP contribution is -2.14. The topological polar surface area (TPSA) is 66.7 Å². The first-order chi connectivity index (χ1) is 13.2. The molecule has 0 unspecified atom stereocenters. The zero-order valence-corrected chi connectivity index (χ0v) is 15.2. The fraction of sp³-hybridized carbons (Fsp3) is 0.273. The number of pyridine rings is 1. The average molecular weight is 356 g/mol. The van der Waals surface area contributed by atoms with Crippen molar-refractivity contribution in [2.75, 3.05) is 18.4 Å². The number of benzene rings is 1. The number of allylic oxidation sites excluding steroid dienone is 1. The molecule has 0 bridgehead atoms. The lowest BCUT2D eigenvalue weighted by atomic mass is 9.94. The van der Waals surface area contributed by atoms with Gasteiger partial charge < -0.3 is 5.32 Å². The number of Topliss-reactive ketones (excluding diaryl/α,β-unsaturated/α-hetero) is 1. The highest BCUT2D eigenvalue weighted by Gasteiger charge is 2.26. The molecular formula is C22H20N4O. The van der Waals surface area contributed by atoms with Crippen molar-refractivity contribution in [3.63, 3.8) is 0 Å². The summed E-state index contributed by atoms with van der Waals surface area (Å²) in [6.45, 7) is 3.69. The van der Waals surface area contributed by atoms with Gasteiger partial charge in [-0.25, -0.2) is 0 Å². The van der Waals surface area contributed by atoms with Crippen LogP contribution in [0, 0.1) is 6.92 Å². The van der Waals surface area contributed by atoms with E-state index in [0.717, 1.165) is 58.5 Å². The van der Waals surface area contributed by atoms with Crippen molar-refractivity contribution in [2.24, 2.45) is 10.2 Å². The van der Waals surface area contributed by atoms with Gasteiger partial charge in [-0.3, -0.25) is 9.78 Å². The number of ketones is 1. The number of anilines is 1. The summed E-state index contributed by atoms with van der Waals surface area (Å²) in [7, 11) is 0. The van der Waals surface area contributed by atoms with Crippen LogP contribution in [0.15, 0.2) is 52.5 Å². The molecule has 3 aliphatic rings. The average Bonchev–Trinajstić information content (AvgIpc) is 3.31. The van der Waals surface area contributed by atoms with Crippen LogP contribution >= 0.6 is 0 Å². The normalized spacial score (nSPS) is 19.1. The molecule has 5 rings (SSSR count). The summed E-state index contributed by atoms with van der Waals surface area (Å²) in [5.41, 5.74) is 9.63. The monoisotopic (exact) mass is 356 g/mol. The Morgan fingerprint density at radius 1 is 1.22 bits per heavy atom. The number of nitrogens with one attached hydrogen (secondary N) is 1. The molecule has 1 aromatic carbocycles. The smallest absolute Gasteiger partial charge is 0.167 e. The Balaban J connectivity index is 1.59.